The number of nitrogens with one attached hydrogen (secondary N) is 1. The van der Waals surface area contributed by atoms with Gasteiger partial charge in [0.15, 0.2) is 20.7 Å². The third-order valence-corrected chi connectivity index (χ3v) is 9.43. The predicted octanol–water partition coefficient (Wildman–Crippen LogP) is 2.47. The average molecular weight is 385 g/mol. The first kappa shape index (κ1) is 20.4. The molecule has 0 bridgehead atoms. The van der Waals surface area contributed by atoms with E-state index < -0.39 is 44.2 Å². The number of hydrogen-bond acceptors (Lipinski definition) is 5. The van der Waals surface area contributed by atoms with Gasteiger partial charge in [0.05, 0.1) is 12.6 Å². The van der Waals surface area contributed by atoms with E-state index in [0.717, 1.165) is 10.6 Å². The second-order valence-electron chi connectivity index (χ2n) is 7.78. The summed E-state index contributed by atoms with van der Waals surface area (Å²) in [5, 5.41) is 3.31. The molecule has 0 radical (unpaired) electrons. The summed E-state index contributed by atoms with van der Waals surface area (Å²) < 4.78 is 28.0. The molecule has 0 saturated carbocycles. The van der Waals surface area contributed by atoms with Gasteiger partial charge in [-0.3, -0.25) is 14.3 Å². The highest BCUT2D eigenvalue weighted by Gasteiger charge is 2.51. The fourth-order valence-corrected chi connectivity index (χ4v) is 3.78. The number of aromatic amines is 1. The SMILES string of the molecule is CC(C)(C)[Si](C)(C)O[C@H]1[C@@H](F)[C@H](n2ccc(=O)[nH]c2=O)O[C@@H]1CN=[N+]=[N-]. The highest BCUT2D eigenvalue weighted by atomic mass is 28.4. The summed E-state index contributed by atoms with van der Waals surface area (Å²) in [7, 11) is -2.35. The Labute approximate surface area is 150 Å². The lowest BCUT2D eigenvalue weighted by Crippen LogP contribution is -2.49. The van der Waals surface area contributed by atoms with Gasteiger partial charge in [-0.25, -0.2) is 9.18 Å². The molecule has 9 nitrogen and oxygen atoms in total. The summed E-state index contributed by atoms with van der Waals surface area (Å²) in [5.74, 6) is 0. The monoisotopic (exact) mass is 385 g/mol. The van der Waals surface area contributed by atoms with E-state index >= 15 is 4.39 Å². The third kappa shape index (κ3) is 4.06. The van der Waals surface area contributed by atoms with E-state index in [9.17, 15) is 9.59 Å². The van der Waals surface area contributed by atoms with Crippen LogP contribution >= 0.6 is 0 Å². The molecule has 0 amide bonds. The number of rotatable bonds is 5. The molecule has 1 aromatic heterocycles. The molecule has 0 unspecified atom stereocenters. The summed E-state index contributed by atoms with van der Waals surface area (Å²) in [6.07, 6.45) is -3.57. The van der Waals surface area contributed by atoms with Crippen molar-refractivity contribution in [1.29, 1.82) is 0 Å². The maximum Gasteiger partial charge on any atom is 0.330 e. The van der Waals surface area contributed by atoms with Crippen LogP contribution in [0.4, 0.5) is 4.39 Å². The molecule has 0 aliphatic carbocycles. The molecule has 144 valence electrons. The number of ether oxygens (including phenoxy) is 1. The van der Waals surface area contributed by atoms with E-state index in [4.69, 9.17) is 14.7 Å². The quantitative estimate of drug-likeness (QED) is 0.362. The van der Waals surface area contributed by atoms with Crippen LogP contribution in [0.1, 0.15) is 27.0 Å². The van der Waals surface area contributed by atoms with Crippen molar-refractivity contribution >= 4 is 8.32 Å². The van der Waals surface area contributed by atoms with Crippen LogP contribution in [0.3, 0.4) is 0 Å². The zero-order valence-corrected chi connectivity index (χ0v) is 16.5. The van der Waals surface area contributed by atoms with Crippen LogP contribution < -0.4 is 11.2 Å². The maximum absolute atomic E-state index is 15.2. The standard InChI is InChI=1S/C15H24FN5O4Si/c1-15(2,3)26(4,5)25-12-9(8-18-20-17)24-13(11(12)16)21-7-6-10(22)19-14(21)23/h6-7,9,11-13H,8H2,1-5H3,(H,19,22,23)/t9-,11-,12-,13-/m1/s1. The molecule has 2 heterocycles. The highest BCUT2D eigenvalue weighted by molar-refractivity contribution is 6.74. The Hall–Kier alpha value is -1.94. The Morgan fingerprint density at radius 1 is 1.46 bits per heavy atom. The molecule has 1 aliphatic rings. The van der Waals surface area contributed by atoms with E-state index in [2.05, 4.69) is 15.0 Å². The lowest BCUT2D eigenvalue weighted by Gasteiger charge is -2.39. The minimum atomic E-state index is -2.35. The van der Waals surface area contributed by atoms with Crippen LogP contribution in [0.15, 0.2) is 27.0 Å². The molecule has 0 aromatic carbocycles. The van der Waals surface area contributed by atoms with E-state index in [0.29, 0.717) is 0 Å². The minimum absolute atomic E-state index is 0.120. The second-order valence-corrected chi connectivity index (χ2v) is 12.5. The number of hydrogen-bond donors (Lipinski definition) is 1. The molecule has 26 heavy (non-hydrogen) atoms. The van der Waals surface area contributed by atoms with Crippen molar-refractivity contribution in [3.05, 3.63) is 43.5 Å². The van der Waals surface area contributed by atoms with Gasteiger partial charge in [-0.1, -0.05) is 25.9 Å². The van der Waals surface area contributed by atoms with Crippen LogP contribution in [0.25, 0.3) is 10.4 Å². The summed E-state index contributed by atoms with van der Waals surface area (Å²) in [6, 6.07) is 1.11. The highest BCUT2D eigenvalue weighted by Crippen LogP contribution is 2.41. The molecule has 1 aromatic rings. The number of halogens is 1. The summed E-state index contributed by atoms with van der Waals surface area (Å²) in [4.78, 5) is 28.0. The number of azide groups is 1. The van der Waals surface area contributed by atoms with Crippen LogP contribution in [-0.2, 0) is 9.16 Å². The summed E-state index contributed by atoms with van der Waals surface area (Å²) >= 11 is 0. The number of H-pyrrole nitrogens is 1. The largest absolute Gasteiger partial charge is 0.408 e. The van der Waals surface area contributed by atoms with Gasteiger partial charge in [-0.2, -0.15) is 0 Å². The molecular weight excluding hydrogens is 361 g/mol. The first-order valence-corrected chi connectivity index (χ1v) is 11.2. The van der Waals surface area contributed by atoms with Crippen molar-refractivity contribution in [3.63, 3.8) is 0 Å². The maximum atomic E-state index is 15.2. The molecule has 0 spiro atoms. The van der Waals surface area contributed by atoms with Gasteiger partial charge in [0.1, 0.15) is 6.10 Å². The lowest BCUT2D eigenvalue weighted by atomic mass is 10.1. The Bertz CT molecular complexity index is 811. The van der Waals surface area contributed by atoms with Crippen molar-refractivity contribution in [1.82, 2.24) is 9.55 Å². The molecule has 1 N–H and O–H groups in total. The molecule has 1 fully saturated rings. The van der Waals surface area contributed by atoms with Crippen LogP contribution in [-0.4, -0.2) is 42.8 Å². The lowest BCUT2D eigenvalue weighted by molar-refractivity contribution is -0.0218. The Morgan fingerprint density at radius 2 is 2.12 bits per heavy atom. The molecule has 11 heteroatoms. The Kier molecular flexibility index (Phi) is 5.76. The molecule has 1 saturated heterocycles. The predicted molar refractivity (Wildman–Crippen MR) is 96.2 cm³/mol. The molecule has 4 atom stereocenters. The van der Waals surface area contributed by atoms with Gasteiger partial charge >= 0.3 is 5.69 Å². The topological polar surface area (TPSA) is 122 Å². The van der Waals surface area contributed by atoms with E-state index in [1.807, 2.05) is 33.9 Å². The summed E-state index contributed by atoms with van der Waals surface area (Å²) in [6.45, 7) is 9.90. The Balaban J connectivity index is 2.37. The zero-order chi connectivity index (χ0) is 19.7. The fourth-order valence-electron chi connectivity index (χ4n) is 2.47. The van der Waals surface area contributed by atoms with Gasteiger partial charge in [-0.15, -0.1) is 0 Å². The fraction of sp³-hybridized carbons (Fsp3) is 0.733. The van der Waals surface area contributed by atoms with Crippen molar-refractivity contribution in [2.75, 3.05) is 6.54 Å². The van der Waals surface area contributed by atoms with Gasteiger partial charge in [0, 0.05) is 17.2 Å². The molecule has 2 rings (SSSR count). The molecular formula is C15H24FN5O4Si. The van der Waals surface area contributed by atoms with E-state index in [1.54, 1.807) is 0 Å². The van der Waals surface area contributed by atoms with Gasteiger partial charge < -0.3 is 9.16 Å². The smallest absolute Gasteiger partial charge is 0.330 e. The van der Waals surface area contributed by atoms with Gasteiger partial charge in [0.2, 0.25) is 0 Å². The van der Waals surface area contributed by atoms with Crippen LogP contribution in [0, 0.1) is 0 Å². The van der Waals surface area contributed by atoms with Crippen molar-refractivity contribution in [2.24, 2.45) is 5.11 Å². The number of aromatic nitrogens is 2. The zero-order valence-electron chi connectivity index (χ0n) is 15.5. The number of alkyl halides is 1. The first-order chi connectivity index (χ1) is 12.0. The van der Waals surface area contributed by atoms with Gasteiger partial charge in [-0.05, 0) is 23.7 Å². The van der Waals surface area contributed by atoms with Crippen LogP contribution in [0.2, 0.25) is 18.1 Å². The third-order valence-electron chi connectivity index (χ3n) is 4.95. The van der Waals surface area contributed by atoms with Crippen molar-refractivity contribution < 1.29 is 13.6 Å². The van der Waals surface area contributed by atoms with Crippen molar-refractivity contribution in [2.45, 2.75) is 63.5 Å². The normalized spacial score (nSPS) is 26.5. The average Bonchev–Trinajstić information content (AvgIpc) is 2.80. The van der Waals surface area contributed by atoms with Crippen molar-refractivity contribution in [3.8, 4) is 0 Å². The second kappa shape index (κ2) is 7.35. The summed E-state index contributed by atoms with van der Waals surface area (Å²) in [5.41, 5.74) is 7.22. The van der Waals surface area contributed by atoms with Gasteiger partial charge in [0.25, 0.3) is 5.56 Å². The first-order valence-electron chi connectivity index (χ1n) is 8.27. The van der Waals surface area contributed by atoms with E-state index in [1.165, 1.54) is 6.20 Å². The van der Waals surface area contributed by atoms with E-state index in [-0.39, 0.29) is 11.6 Å². The van der Waals surface area contributed by atoms with Crippen LogP contribution in [0.5, 0.6) is 0 Å². The number of nitrogens with zero attached hydrogens (tertiary/aromatic N) is 4. The Morgan fingerprint density at radius 3 is 2.65 bits per heavy atom. The molecule has 1 aliphatic heterocycles. The minimum Gasteiger partial charge on any atom is -0.408 e.